The number of aldehydes is 1. The van der Waals surface area contributed by atoms with Gasteiger partial charge in [0.15, 0.2) is 6.29 Å². The highest BCUT2D eigenvalue weighted by Gasteiger charge is 2.39. The summed E-state index contributed by atoms with van der Waals surface area (Å²) in [6.45, 7) is 0. The van der Waals surface area contributed by atoms with Gasteiger partial charge < -0.3 is 0 Å². The maximum Gasteiger partial charge on any atom is 0.214 e. The standard InChI is InChI=1S/C22H17N3O/c26-16-21-23-17-25(24-21)22(18-10-4-1-5-11-18,19-12-6-2-7-13-19)20-14-8-3-9-15-20/h1-17H. The summed E-state index contributed by atoms with van der Waals surface area (Å²) in [5.74, 6) is 0.164. The Morgan fingerprint density at radius 2 is 1.12 bits per heavy atom. The highest BCUT2D eigenvalue weighted by molar-refractivity contribution is 5.68. The zero-order valence-corrected chi connectivity index (χ0v) is 14.1. The molecule has 0 atom stereocenters. The lowest BCUT2D eigenvalue weighted by molar-refractivity contribution is 0.111. The van der Waals surface area contributed by atoms with Crippen molar-refractivity contribution in [3.8, 4) is 0 Å². The molecule has 26 heavy (non-hydrogen) atoms. The van der Waals surface area contributed by atoms with Gasteiger partial charge in [-0.05, 0) is 16.7 Å². The molecular formula is C22H17N3O. The summed E-state index contributed by atoms with van der Waals surface area (Å²) in [5.41, 5.74) is 2.40. The van der Waals surface area contributed by atoms with E-state index < -0.39 is 5.54 Å². The second kappa shape index (κ2) is 6.76. The van der Waals surface area contributed by atoms with E-state index in [1.165, 1.54) is 0 Å². The van der Waals surface area contributed by atoms with E-state index in [2.05, 4.69) is 46.5 Å². The molecule has 0 fully saturated rings. The number of nitrogens with zero attached hydrogens (tertiary/aromatic N) is 3. The van der Waals surface area contributed by atoms with Crippen molar-refractivity contribution >= 4 is 6.29 Å². The van der Waals surface area contributed by atoms with Gasteiger partial charge in [-0.3, -0.25) is 4.79 Å². The molecular weight excluding hydrogens is 322 g/mol. The van der Waals surface area contributed by atoms with Gasteiger partial charge in [-0.15, -0.1) is 5.10 Å². The fourth-order valence-electron chi connectivity index (χ4n) is 3.43. The molecule has 0 N–H and O–H groups in total. The Hall–Kier alpha value is -3.53. The molecule has 4 rings (SSSR count). The number of carbonyl (C=O) groups is 1. The first-order valence-corrected chi connectivity index (χ1v) is 8.39. The van der Waals surface area contributed by atoms with Crippen molar-refractivity contribution in [2.75, 3.05) is 0 Å². The Balaban J connectivity index is 2.12. The minimum Gasteiger partial charge on any atom is -0.294 e. The summed E-state index contributed by atoms with van der Waals surface area (Å²) < 4.78 is 1.77. The number of aromatic nitrogens is 3. The molecule has 3 aromatic carbocycles. The van der Waals surface area contributed by atoms with Crippen LogP contribution >= 0.6 is 0 Å². The number of hydrogen-bond donors (Lipinski definition) is 0. The number of hydrogen-bond acceptors (Lipinski definition) is 3. The van der Waals surface area contributed by atoms with Crippen molar-refractivity contribution in [2.45, 2.75) is 5.54 Å². The van der Waals surface area contributed by atoms with Crippen molar-refractivity contribution in [1.29, 1.82) is 0 Å². The second-order valence-corrected chi connectivity index (χ2v) is 5.97. The van der Waals surface area contributed by atoms with E-state index in [4.69, 9.17) is 0 Å². The predicted molar refractivity (Wildman–Crippen MR) is 100 cm³/mol. The van der Waals surface area contributed by atoms with E-state index in [1.807, 2.05) is 54.6 Å². The van der Waals surface area contributed by atoms with E-state index in [-0.39, 0.29) is 5.82 Å². The van der Waals surface area contributed by atoms with Gasteiger partial charge in [0.1, 0.15) is 11.9 Å². The van der Waals surface area contributed by atoms with Crippen molar-refractivity contribution < 1.29 is 4.79 Å². The van der Waals surface area contributed by atoms with Crippen molar-refractivity contribution in [3.63, 3.8) is 0 Å². The third-order valence-electron chi connectivity index (χ3n) is 4.53. The maximum atomic E-state index is 11.2. The molecule has 126 valence electrons. The molecule has 0 saturated heterocycles. The summed E-state index contributed by atoms with van der Waals surface area (Å²) in [6.07, 6.45) is 2.29. The smallest absolute Gasteiger partial charge is 0.214 e. The average Bonchev–Trinajstić information content (AvgIpc) is 3.21. The zero-order valence-electron chi connectivity index (χ0n) is 14.1. The van der Waals surface area contributed by atoms with Crippen molar-refractivity contribution in [2.24, 2.45) is 0 Å². The molecule has 4 nitrogen and oxygen atoms in total. The maximum absolute atomic E-state index is 11.2. The lowest BCUT2D eigenvalue weighted by Crippen LogP contribution is -2.38. The lowest BCUT2D eigenvalue weighted by Gasteiger charge is -2.35. The first-order valence-electron chi connectivity index (χ1n) is 8.39. The van der Waals surface area contributed by atoms with E-state index >= 15 is 0 Å². The Labute approximate surface area is 151 Å². The van der Waals surface area contributed by atoms with E-state index in [9.17, 15) is 4.79 Å². The van der Waals surface area contributed by atoms with E-state index in [0.717, 1.165) is 16.7 Å². The highest BCUT2D eigenvalue weighted by Crippen LogP contribution is 2.39. The van der Waals surface area contributed by atoms with Crippen molar-refractivity contribution in [1.82, 2.24) is 14.8 Å². The molecule has 0 aliphatic rings. The van der Waals surface area contributed by atoms with Gasteiger partial charge >= 0.3 is 0 Å². The zero-order chi connectivity index (χ0) is 17.8. The van der Waals surface area contributed by atoms with Crippen LogP contribution in [0.2, 0.25) is 0 Å². The van der Waals surface area contributed by atoms with Crippen molar-refractivity contribution in [3.05, 3.63) is 120 Å². The Bertz CT molecular complexity index is 899. The van der Waals surface area contributed by atoms with Crippen LogP contribution in [0.15, 0.2) is 97.3 Å². The SMILES string of the molecule is O=Cc1ncn(C(c2ccccc2)(c2ccccc2)c2ccccc2)n1. The van der Waals surface area contributed by atoms with Crippen LogP contribution in [0.5, 0.6) is 0 Å². The minimum atomic E-state index is -0.724. The molecule has 0 bridgehead atoms. The fraction of sp³-hybridized carbons (Fsp3) is 0.0455. The molecule has 4 heteroatoms. The summed E-state index contributed by atoms with van der Waals surface area (Å²) >= 11 is 0. The first kappa shape index (κ1) is 16.0. The summed E-state index contributed by atoms with van der Waals surface area (Å²) in [5, 5.41) is 4.47. The average molecular weight is 339 g/mol. The molecule has 1 aromatic heterocycles. The van der Waals surface area contributed by atoms with Crippen LogP contribution in [0.3, 0.4) is 0 Å². The third-order valence-corrected chi connectivity index (χ3v) is 4.53. The van der Waals surface area contributed by atoms with Gasteiger partial charge in [0.25, 0.3) is 0 Å². The van der Waals surface area contributed by atoms with E-state index in [0.29, 0.717) is 6.29 Å². The van der Waals surface area contributed by atoms with Gasteiger partial charge in [0, 0.05) is 0 Å². The van der Waals surface area contributed by atoms with Crippen LogP contribution in [0, 0.1) is 0 Å². The van der Waals surface area contributed by atoms with Crippen LogP contribution in [-0.2, 0) is 5.54 Å². The van der Waals surface area contributed by atoms with Crippen LogP contribution in [0.1, 0.15) is 27.3 Å². The van der Waals surface area contributed by atoms with Crippen LogP contribution in [-0.4, -0.2) is 21.1 Å². The normalized spacial score (nSPS) is 11.2. The van der Waals surface area contributed by atoms with Crippen LogP contribution in [0.4, 0.5) is 0 Å². The second-order valence-electron chi connectivity index (χ2n) is 5.97. The molecule has 0 radical (unpaired) electrons. The minimum absolute atomic E-state index is 0.164. The summed E-state index contributed by atoms with van der Waals surface area (Å²) in [6, 6.07) is 30.4. The third kappa shape index (κ3) is 2.52. The lowest BCUT2D eigenvalue weighted by atomic mass is 9.77. The number of rotatable bonds is 5. The molecule has 0 amide bonds. The molecule has 0 unspecified atom stereocenters. The molecule has 1 heterocycles. The number of benzene rings is 3. The van der Waals surface area contributed by atoms with Gasteiger partial charge in [0.05, 0.1) is 0 Å². The topological polar surface area (TPSA) is 47.8 Å². The monoisotopic (exact) mass is 339 g/mol. The quantitative estimate of drug-likeness (QED) is 0.409. The van der Waals surface area contributed by atoms with Gasteiger partial charge in [-0.1, -0.05) is 91.0 Å². The van der Waals surface area contributed by atoms with Gasteiger partial charge in [-0.2, -0.15) is 0 Å². The van der Waals surface area contributed by atoms with E-state index in [1.54, 1.807) is 11.0 Å². The number of carbonyl (C=O) groups excluding carboxylic acids is 1. The summed E-state index contributed by atoms with van der Waals surface area (Å²) in [7, 11) is 0. The molecule has 0 aliphatic heterocycles. The highest BCUT2D eigenvalue weighted by atomic mass is 16.1. The Morgan fingerprint density at radius 3 is 1.46 bits per heavy atom. The van der Waals surface area contributed by atoms with Crippen LogP contribution < -0.4 is 0 Å². The molecule has 0 spiro atoms. The Morgan fingerprint density at radius 1 is 0.692 bits per heavy atom. The van der Waals surface area contributed by atoms with Crippen LogP contribution in [0.25, 0.3) is 0 Å². The Kier molecular flexibility index (Phi) is 4.15. The summed E-state index contributed by atoms with van der Waals surface area (Å²) in [4.78, 5) is 15.4. The molecule has 0 aliphatic carbocycles. The van der Waals surface area contributed by atoms with Gasteiger partial charge in [0.2, 0.25) is 5.82 Å². The predicted octanol–water partition coefficient (Wildman–Crippen LogP) is 3.93. The fourth-order valence-corrected chi connectivity index (χ4v) is 3.43. The van der Waals surface area contributed by atoms with Gasteiger partial charge in [-0.25, -0.2) is 9.67 Å². The molecule has 0 saturated carbocycles. The molecule has 4 aromatic rings. The first-order chi connectivity index (χ1) is 12.9. The largest absolute Gasteiger partial charge is 0.294 e.